The molecule has 17 heavy (non-hydrogen) atoms. The Morgan fingerprint density at radius 3 is 2.71 bits per heavy atom. The monoisotopic (exact) mass is 309 g/mol. The molecule has 88 valence electrons. The van der Waals surface area contributed by atoms with Crippen LogP contribution in [0.5, 0.6) is 0 Å². The van der Waals surface area contributed by atoms with Gasteiger partial charge >= 0.3 is 0 Å². The third kappa shape index (κ3) is 3.24. The minimum absolute atomic E-state index is 0.738. The van der Waals surface area contributed by atoms with Crippen molar-refractivity contribution in [2.24, 2.45) is 0 Å². The van der Waals surface area contributed by atoms with Crippen LogP contribution in [0.4, 0.5) is 5.69 Å². The lowest BCUT2D eigenvalue weighted by atomic mass is 10.1. The van der Waals surface area contributed by atoms with E-state index in [2.05, 4.69) is 40.3 Å². The zero-order valence-corrected chi connectivity index (χ0v) is 11.8. The lowest BCUT2D eigenvalue weighted by Crippen LogP contribution is -2.01. The maximum Gasteiger partial charge on any atom is 0.0638 e. The predicted molar refractivity (Wildman–Crippen MR) is 77.7 cm³/mol. The normalized spacial score (nSPS) is 10.3. The van der Waals surface area contributed by atoms with Gasteiger partial charge in [-0.15, -0.1) is 0 Å². The fourth-order valence-electron chi connectivity index (χ4n) is 1.63. The van der Waals surface area contributed by atoms with Crippen LogP contribution in [0.1, 0.15) is 11.1 Å². The van der Waals surface area contributed by atoms with Crippen LogP contribution in [0.15, 0.2) is 46.9 Å². The molecule has 0 aromatic heterocycles. The van der Waals surface area contributed by atoms with Gasteiger partial charge in [0.2, 0.25) is 0 Å². The second-order valence-electron chi connectivity index (χ2n) is 3.90. The molecule has 0 fully saturated rings. The van der Waals surface area contributed by atoms with Crippen LogP contribution in [0.3, 0.4) is 0 Å². The number of rotatable bonds is 3. The van der Waals surface area contributed by atoms with Gasteiger partial charge in [-0.25, -0.2) is 0 Å². The van der Waals surface area contributed by atoms with Gasteiger partial charge < -0.3 is 5.32 Å². The third-order valence-corrected chi connectivity index (χ3v) is 3.48. The predicted octanol–water partition coefficient (Wildman–Crippen LogP) is 5.02. The Balaban J connectivity index is 2.12. The number of halogens is 2. The lowest BCUT2D eigenvalue weighted by molar-refractivity contribution is 1.12. The van der Waals surface area contributed by atoms with Crippen molar-refractivity contribution >= 4 is 33.2 Å². The van der Waals surface area contributed by atoms with Crippen molar-refractivity contribution in [3.05, 3.63) is 63.1 Å². The van der Waals surface area contributed by atoms with Crippen molar-refractivity contribution in [1.82, 2.24) is 0 Å². The molecule has 0 saturated heterocycles. The number of benzene rings is 2. The van der Waals surface area contributed by atoms with Crippen molar-refractivity contribution in [3.63, 3.8) is 0 Å². The number of aryl methyl sites for hydroxylation is 1. The maximum atomic E-state index is 6.12. The van der Waals surface area contributed by atoms with E-state index in [1.54, 1.807) is 0 Å². The Bertz CT molecular complexity index is 525. The first kappa shape index (κ1) is 12.5. The molecule has 0 heterocycles. The molecule has 2 aromatic carbocycles. The molecule has 0 aliphatic rings. The highest BCUT2D eigenvalue weighted by Gasteiger charge is 2.02. The minimum atomic E-state index is 0.738. The summed E-state index contributed by atoms with van der Waals surface area (Å²) in [4.78, 5) is 0. The van der Waals surface area contributed by atoms with Crippen LogP contribution in [-0.4, -0.2) is 0 Å². The van der Waals surface area contributed by atoms with E-state index in [9.17, 15) is 0 Å². The van der Waals surface area contributed by atoms with E-state index in [-0.39, 0.29) is 0 Å². The second-order valence-corrected chi connectivity index (χ2v) is 5.23. The first-order valence-corrected chi connectivity index (χ1v) is 6.57. The van der Waals surface area contributed by atoms with Crippen LogP contribution in [0, 0.1) is 6.92 Å². The summed E-state index contributed by atoms with van der Waals surface area (Å²) in [5.74, 6) is 0. The Kier molecular flexibility index (Phi) is 4.08. The first-order chi connectivity index (χ1) is 8.16. The molecule has 1 nitrogen and oxygen atoms in total. The summed E-state index contributed by atoms with van der Waals surface area (Å²) < 4.78 is 1.02. The highest BCUT2D eigenvalue weighted by atomic mass is 79.9. The van der Waals surface area contributed by atoms with E-state index < -0.39 is 0 Å². The van der Waals surface area contributed by atoms with Gasteiger partial charge in [0.25, 0.3) is 0 Å². The smallest absolute Gasteiger partial charge is 0.0638 e. The van der Waals surface area contributed by atoms with Gasteiger partial charge in [0, 0.05) is 11.0 Å². The van der Waals surface area contributed by atoms with E-state index in [1.807, 2.05) is 30.3 Å². The lowest BCUT2D eigenvalue weighted by Gasteiger charge is -2.10. The molecule has 0 aliphatic heterocycles. The molecule has 2 aromatic rings. The zero-order chi connectivity index (χ0) is 12.3. The maximum absolute atomic E-state index is 6.12. The summed E-state index contributed by atoms with van der Waals surface area (Å²) in [7, 11) is 0. The first-order valence-electron chi connectivity index (χ1n) is 5.40. The largest absolute Gasteiger partial charge is 0.380 e. The fourth-order valence-corrected chi connectivity index (χ4v) is 2.18. The second kappa shape index (κ2) is 5.56. The van der Waals surface area contributed by atoms with Crippen LogP contribution in [0.25, 0.3) is 0 Å². The highest BCUT2D eigenvalue weighted by molar-refractivity contribution is 9.10. The fraction of sp³-hybridized carbons (Fsp3) is 0.143. The average molecular weight is 311 g/mol. The van der Waals surface area contributed by atoms with Gasteiger partial charge in [-0.1, -0.05) is 51.8 Å². The van der Waals surface area contributed by atoms with Crippen LogP contribution < -0.4 is 5.32 Å². The molecule has 2 rings (SSSR count). The van der Waals surface area contributed by atoms with Crippen molar-refractivity contribution in [2.75, 3.05) is 5.32 Å². The number of nitrogens with one attached hydrogen (secondary N) is 1. The van der Waals surface area contributed by atoms with Gasteiger partial charge in [0.05, 0.1) is 10.7 Å². The molecular formula is C14H13BrClN. The van der Waals surface area contributed by atoms with E-state index in [1.165, 1.54) is 11.1 Å². The summed E-state index contributed by atoms with van der Waals surface area (Å²) in [5.41, 5.74) is 3.51. The molecule has 0 aliphatic carbocycles. The highest BCUT2D eigenvalue weighted by Crippen LogP contribution is 2.26. The van der Waals surface area contributed by atoms with Crippen molar-refractivity contribution < 1.29 is 0 Å². The summed E-state index contributed by atoms with van der Waals surface area (Å²) in [6, 6.07) is 14.1. The molecule has 0 spiro atoms. The molecule has 1 N–H and O–H groups in total. The van der Waals surface area contributed by atoms with Gasteiger partial charge in [-0.2, -0.15) is 0 Å². The molecule has 3 heteroatoms. The minimum Gasteiger partial charge on any atom is -0.380 e. The molecule has 0 unspecified atom stereocenters. The molecular weight excluding hydrogens is 298 g/mol. The van der Waals surface area contributed by atoms with Gasteiger partial charge in [-0.05, 0) is 36.2 Å². The number of anilines is 1. The van der Waals surface area contributed by atoms with E-state index in [4.69, 9.17) is 11.6 Å². The topological polar surface area (TPSA) is 12.0 Å². The Hall–Kier alpha value is -0.990. The van der Waals surface area contributed by atoms with Crippen LogP contribution in [-0.2, 0) is 6.54 Å². The third-order valence-electron chi connectivity index (χ3n) is 2.66. The zero-order valence-electron chi connectivity index (χ0n) is 9.50. The van der Waals surface area contributed by atoms with Crippen molar-refractivity contribution in [3.8, 4) is 0 Å². The Morgan fingerprint density at radius 2 is 1.94 bits per heavy atom. The standard InChI is InChI=1S/C14H13BrClN/c1-10-4-2-3-5-11(10)9-17-14-8-12(15)6-7-13(14)16/h2-8,17H,9H2,1H3. The summed E-state index contributed by atoms with van der Waals surface area (Å²) in [6.07, 6.45) is 0. The summed E-state index contributed by atoms with van der Waals surface area (Å²) in [6.45, 7) is 2.89. The molecule has 0 atom stereocenters. The van der Waals surface area contributed by atoms with Crippen molar-refractivity contribution in [1.29, 1.82) is 0 Å². The average Bonchev–Trinajstić information content (AvgIpc) is 2.32. The van der Waals surface area contributed by atoms with Gasteiger partial charge in [0.1, 0.15) is 0 Å². The van der Waals surface area contributed by atoms with E-state index in [0.29, 0.717) is 0 Å². The molecule has 0 bridgehead atoms. The number of hydrogen-bond acceptors (Lipinski definition) is 1. The quantitative estimate of drug-likeness (QED) is 0.839. The Labute approximate surface area is 115 Å². The molecule has 0 radical (unpaired) electrons. The van der Waals surface area contributed by atoms with Crippen LogP contribution >= 0.6 is 27.5 Å². The van der Waals surface area contributed by atoms with Crippen LogP contribution in [0.2, 0.25) is 5.02 Å². The van der Waals surface area contributed by atoms with Gasteiger partial charge in [0.15, 0.2) is 0 Å². The summed E-state index contributed by atoms with van der Waals surface area (Å²) >= 11 is 9.56. The van der Waals surface area contributed by atoms with E-state index >= 15 is 0 Å². The molecule has 0 amide bonds. The Morgan fingerprint density at radius 1 is 1.18 bits per heavy atom. The molecule has 0 saturated carbocycles. The SMILES string of the molecule is Cc1ccccc1CNc1cc(Br)ccc1Cl. The number of hydrogen-bond donors (Lipinski definition) is 1. The van der Waals surface area contributed by atoms with Crippen molar-refractivity contribution in [2.45, 2.75) is 13.5 Å². The summed E-state index contributed by atoms with van der Waals surface area (Å²) in [5, 5.41) is 4.09. The van der Waals surface area contributed by atoms with Gasteiger partial charge in [-0.3, -0.25) is 0 Å². The van der Waals surface area contributed by atoms with E-state index in [0.717, 1.165) is 21.7 Å².